The second-order valence-electron chi connectivity index (χ2n) is 8.23. The van der Waals surface area contributed by atoms with Crippen molar-refractivity contribution in [3.8, 4) is 0 Å². The average Bonchev–Trinajstić information content (AvgIpc) is 3.13. The number of nitrogens with zero attached hydrogens (tertiary/aromatic N) is 2. The summed E-state index contributed by atoms with van der Waals surface area (Å²) in [6.07, 6.45) is 4.04. The van der Waals surface area contributed by atoms with Crippen molar-refractivity contribution in [3.63, 3.8) is 0 Å². The molecule has 2 aromatic carbocycles. The second kappa shape index (κ2) is 8.27. The first-order chi connectivity index (χ1) is 14.0. The number of amides is 2. The minimum absolute atomic E-state index is 0.0115. The summed E-state index contributed by atoms with van der Waals surface area (Å²) in [5.41, 5.74) is 5.01. The Morgan fingerprint density at radius 2 is 1.55 bits per heavy atom. The zero-order valence-corrected chi connectivity index (χ0v) is 17.3. The van der Waals surface area contributed by atoms with Crippen molar-refractivity contribution in [3.05, 3.63) is 53.6 Å². The number of aryl methyl sites for hydroxylation is 2. The smallest absolute Gasteiger partial charge is 0.229 e. The van der Waals surface area contributed by atoms with Crippen LogP contribution in [0.3, 0.4) is 0 Å². The van der Waals surface area contributed by atoms with E-state index in [1.165, 1.54) is 24.9 Å². The molecule has 4 rings (SSSR count). The molecule has 2 heterocycles. The van der Waals surface area contributed by atoms with Gasteiger partial charge in [0.2, 0.25) is 11.8 Å². The summed E-state index contributed by atoms with van der Waals surface area (Å²) in [7, 11) is 0. The van der Waals surface area contributed by atoms with E-state index in [1.54, 1.807) is 4.90 Å². The predicted octanol–water partition coefficient (Wildman–Crippen LogP) is 4.29. The van der Waals surface area contributed by atoms with Gasteiger partial charge < -0.3 is 15.1 Å². The van der Waals surface area contributed by atoms with Gasteiger partial charge in [-0.1, -0.05) is 18.2 Å². The summed E-state index contributed by atoms with van der Waals surface area (Å²) in [4.78, 5) is 29.6. The van der Waals surface area contributed by atoms with Crippen molar-refractivity contribution in [1.29, 1.82) is 0 Å². The number of anilines is 3. The van der Waals surface area contributed by atoms with Gasteiger partial charge in [0, 0.05) is 43.1 Å². The van der Waals surface area contributed by atoms with Crippen LogP contribution in [0, 0.1) is 19.8 Å². The molecule has 2 aliphatic heterocycles. The van der Waals surface area contributed by atoms with E-state index in [0.717, 1.165) is 35.6 Å². The molecule has 2 fully saturated rings. The molecule has 0 saturated carbocycles. The molecule has 1 atom stereocenters. The van der Waals surface area contributed by atoms with Crippen LogP contribution in [-0.2, 0) is 9.59 Å². The van der Waals surface area contributed by atoms with Crippen LogP contribution in [0.25, 0.3) is 0 Å². The zero-order valence-electron chi connectivity index (χ0n) is 17.3. The molecule has 5 nitrogen and oxygen atoms in total. The molecule has 2 saturated heterocycles. The second-order valence-corrected chi connectivity index (χ2v) is 8.23. The maximum absolute atomic E-state index is 12.8. The molecule has 5 heteroatoms. The summed E-state index contributed by atoms with van der Waals surface area (Å²) < 4.78 is 0. The van der Waals surface area contributed by atoms with E-state index in [1.807, 2.05) is 44.2 Å². The van der Waals surface area contributed by atoms with Crippen LogP contribution < -0.4 is 15.1 Å². The number of nitrogens with one attached hydrogen (secondary N) is 1. The summed E-state index contributed by atoms with van der Waals surface area (Å²) in [6.45, 7) is 6.60. The van der Waals surface area contributed by atoms with Gasteiger partial charge in [0.25, 0.3) is 0 Å². The van der Waals surface area contributed by atoms with E-state index in [4.69, 9.17) is 0 Å². The van der Waals surface area contributed by atoms with Gasteiger partial charge in [-0.05, 0) is 68.5 Å². The number of rotatable bonds is 4. The van der Waals surface area contributed by atoms with Crippen LogP contribution in [0.2, 0.25) is 0 Å². The van der Waals surface area contributed by atoms with Crippen molar-refractivity contribution in [2.75, 3.05) is 34.8 Å². The van der Waals surface area contributed by atoms with Crippen LogP contribution in [0.5, 0.6) is 0 Å². The van der Waals surface area contributed by atoms with Crippen LogP contribution in [0.1, 0.15) is 36.8 Å². The fourth-order valence-electron chi connectivity index (χ4n) is 4.37. The van der Waals surface area contributed by atoms with Crippen molar-refractivity contribution in [1.82, 2.24) is 0 Å². The van der Waals surface area contributed by atoms with Crippen molar-refractivity contribution in [2.24, 2.45) is 5.92 Å². The van der Waals surface area contributed by atoms with E-state index >= 15 is 0 Å². The largest absolute Gasteiger partial charge is 0.372 e. The van der Waals surface area contributed by atoms with Crippen molar-refractivity contribution >= 4 is 28.9 Å². The zero-order chi connectivity index (χ0) is 20.4. The molecular formula is C24H29N3O2. The molecule has 29 heavy (non-hydrogen) atoms. The maximum Gasteiger partial charge on any atom is 0.229 e. The lowest BCUT2D eigenvalue weighted by Crippen LogP contribution is -2.30. The summed E-state index contributed by atoms with van der Waals surface area (Å²) >= 11 is 0. The van der Waals surface area contributed by atoms with Gasteiger partial charge in [-0.15, -0.1) is 0 Å². The molecule has 2 aromatic rings. The maximum atomic E-state index is 12.8. The van der Waals surface area contributed by atoms with Gasteiger partial charge in [0.1, 0.15) is 0 Å². The van der Waals surface area contributed by atoms with Gasteiger partial charge in [0.05, 0.1) is 5.92 Å². The first-order valence-corrected chi connectivity index (χ1v) is 10.6. The molecular weight excluding hydrogens is 362 g/mol. The Bertz CT molecular complexity index is 881. The van der Waals surface area contributed by atoms with Crippen molar-refractivity contribution in [2.45, 2.75) is 39.5 Å². The highest BCUT2D eigenvalue weighted by atomic mass is 16.2. The molecule has 1 unspecified atom stereocenters. The predicted molar refractivity (Wildman–Crippen MR) is 118 cm³/mol. The molecule has 0 aromatic heterocycles. The molecule has 0 bridgehead atoms. The van der Waals surface area contributed by atoms with E-state index in [9.17, 15) is 9.59 Å². The summed E-state index contributed by atoms with van der Waals surface area (Å²) in [6, 6.07) is 14.2. The molecule has 0 radical (unpaired) electrons. The highest BCUT2D eigenvalue weighted by Gasteiger charge is 2.35. The van der Waals surface area contributed by atoms with Gasteiger partial charge in [-0.25, -0.2) is 0 Å². The third kappa shape index (κ3) is 4.14. The topological polar surface area (TPSA) is 52.7 Å². The minimum atomic E-state index is -0.330. The molecule has 0 spiro atoms. The first kappa shape index (κ1) is 19.5. The number of para-hydroxylation sites is 1. The third-order valence-corrected chi connectivity index (χ3v) is 6.11. The molecule has 152 valence electrons. The molecule has 2 amide bonds. The monoisotopic (exact) mass is 391 g/mol. The summed E-state index contributed by atoms with van der Waals surface area (Å²) in [5.74, 6) is -0.399. The lowest BCUT2D eigenvalue weighted by Gasteiger charge is -2.29. The van der Waals surface area contributed by atoms with Crippen LogP contribution in [-0.4, -0.2) is 31.4 Å². The standard InChI is InChI=1S/C24H29N3O2/c1-17-7-6-8-18(2)23(17)25-24(29)19-15-22(28)27(16-19)21-11-9-20(10-12-21)26-13-4-3-5-14-26/h6-12,19H,3-5,13-16H2,1-2H3,(H,25,29). The van der Waals surface area contributed by atoms with Gasteiger partial charge in [-0.2, -0.15) is 0 Å². The lowest BCUT2D eigenvalue weighted by atomic mass is 10.1. The van der Waals surface area contributed by atoms with Gasteiger partial charge in [0.15, 0.2) is 0 Å². The Balaban J connectivity index is 1.43. The number of benzene rings is 2. The molecule has 1 N–H and O–H groups in total. The quantitative estimate of drug-likeness (QED) is 0.846. The Morgan fingerprint density at radius 3 is 2.21 bits per heavy atom. The van der Waals surface area contributed by atoms with E-state index in [0.29, 0.717) is 6.54 Å². The third-order valence-electron chi connectivity index (χ3n) is 6.11. The number of piperidine rings is 1. The fraction of sp³-hybridized carbons (Fsp3) is 0.417. The highest BCUT2D eigenvalue weighted by Crippen LogP contribution is 2.29. The van der Waals surface area contributed by atoms with E-state index in [-0.39, 0.29) is 24.2 Å². The van der Waals surface area contributed by atoms with Crippen molar-refractivity contribution < 1.29 is 9.59 Å². The van der Waals surface area contributed by atoms with Gasteiger partial charge in [-0.3, -0.25) is 9.59 Å². The summed E-state index contributed by atoms with van der Waals surface area (Å²) in [5, 5.41) is 3.04. The van der Waals surface area contributed by atoms with E-state index < -0.39 is 0 Å². The van der Waals surface area contributed by atoms with Crippen LogP contribution in [0.15, 0.2) is 42.5 Å². The fourth-order valence-corrected chi connectivity index (χ4v) is 4.37. The van der Waals surface area contributed by atoms with Gasteiger partial charge >= 0.3 is 0 Å². The number of carbonyl (C=O) groups excluding carboxylic acids is 2. The number of hydrogen-bond donors (Lipinski definition) is 1. The Hall–Kier alpha value is -2.82. The first-order valence-electron chi connectivity index (χ1n) is 10.6. The Kier molecular flexibility index (Phi) is 5.56. The minimum Gasteiger partial charge on any atom is -0.372 e. The normalized spacial score (nSPS) is 19.5. The Labute approximate surface area is 172 Å². The molecule has 2 aliphatic rings. The Morgan fingerprint density at radius 1 is 0.931 bits per heavy atom. The van der Waals surface area contributed by atoms with Crippen LogP contribution >= 0.6 is 0 Å². The number of carbonyl (C=O) groups is 2. The van der Waals surface area contributed by atoms with Crippen LogP contribution in [0.4, 0.5) is 17.1 Å². The lowest BCUT2D eigenvalue weighted by molar-refractivity contribution is -0.122. The molecule has 0 aliphatic carbocycles. The van der Waals surface area contributed by atoms with E-state index in [2.05, 4.69) is 22.3 Å². The average molecular weight is 392 g/mol. The number of hydrogen-bond acceptors (Lipinski definition) is 3. The SMILES string of the molecule is Cc1cccc(C)c1NC(=O)C1CC(=O)N(c2ccc(N3CCCCC3)cc2)C1. The highest BCUT2D eigenvalue weighted by molar-refractivity contribution is 6.04.